The third kappa shape index (κ3) is 4.24. The highest BCUT2D eigenvalue weighted by Gasteiger charge is 2.12. The average molecular weight is 361 g/mol. The summed E-state index contributed by atoms with van der Waals surface area (Å²) >= 11 is 7.70. The summed E-state index contributed by atoms with van der Waals surface area (Å²) in [5.74, 6) is 0.740. The maximum atomic E-state index is 12.0. The van der Waals surface area contributed by atoms with Crippen molar-refractivity contribution in [1.29, 1.82) is 0 Å². The van der Waals surface area contributed by atoms with Gasteiger partial charge in [0, 0.05) is 29.2 Å². The van der Waals surface area contributed by atoms with Crippen LogP contribution >= 0.6 is 22.9 Å². The van der Waals surface area contributed by atoms with Gasteiger partial charge in [-0.25, -0.2) is 4.98 Å². The van der Waals surface area contributed by atoms with E-state index in [0.717, 1.165) is 26.9 Å². The molecular weight excluding hydrogens is 344 g/mol. The van der Waals surface area contributed by atoms with Crippen LogP contribution in [0.2, 0.25) is 5.02 Å². The molecule has 1 N–H and O–H groups in total. The van der Waals surface area contributed by atoms with Crippen molar-refractivity contribution >= 4 is 34.0 Å². The topological polar surface area (TPSA) is 55.1 Å². The highest BCUT2D eigenvalue weighted by Crippen LogP contribution is 2.27. The van der Waals surface area contributed by atoms with E-state index < -0.39 is 0 Å². The molecule has 0 aliphatic carbocycles. The molecule has 124 valence electrons. The van der Waals surface area contributed by atoms with Crippen LogP contribution in [0, 0.1) is 6.92 Å². The van der Waals surface area contributed by atoms with Gasteiger partial charge in [-0.05, 0) is 30.7 Å². The number of rotatable bonds is 6. The van der Waals surface area contributed by atoms with E-state index >= 15 is 0 Å². The van der Waals surface area contributed by atoms with Gasteiger partial charge in [-0.15, -0.1) is 11.3 Å². The molecule has 1 aromatic carbocycles. The second-order valence-corrected chi connectivity index (χ2v) is 6.91. The fourth-order valence-electron chi connectivity index (χ4n) is 2.33. The van der Waals surface area contributed by atoms with E-state index in [9.17, 15) is 4.79 Å². The zero-order valence-electron chi connectivity index (χ0n) is 13.2. The quantitative estimate of drug-likeness (QED) is 0.683. The number of anilines is 1. The summed E-state index contributed by atoms with van der Waals surface area (Å²) in [6.07, 6.45) is 3.27. The molecule has 0 saturated heterocycles. The maximum absolute atomic E-state index is 12.0. The minimum absolute atomic E-state index is 0.0653. The Bertz CT molecular complexity index is 827. The lowest BCUT2D eigenvalue weighted by Gasteiger charge is -2.02. The molecular formula is C18H17ClN2O2S. The fraction of sp³-hybridized carbons (Fsp3) is 0.222. The molecule has 0 saturated carbocycles. The van der Waals surface area contributed by atoms with Crippen molar-refractivity contribution in [2.24, 2.45) is 0 Å². The molecule has 2 heterocycles. The molecule has 0 spiro atoms. The van der Waals surface area contributed by atoms with E-state index in [4.69, 9.17) is 16.0 Å². The summed E-state index contributed by atoms with van der Waals surface area (Å²) < 4.78 is 5.23. The molecule has 0 aliphatic rings. The Kier molecular flexibility index (Phi) is 5.33. The number of carbonyl (C=O) groups excluding carboxylic acids is 1. The first-order chi connectivity index (χ1) is 11.6. The summed E-state index contributed by atoms with van der Waals surface area (Å²) in [4.78, 5) is 17.6. The zero-order chi connectivity index (χ0) is 16.9. The Morgan fingerprint density at radius 3 is 2.88 bits per heavy atom. The summed E-state index contributed by atoms with van der Waals surface area (Å²) in [6.45, 7) is 1.95. The Labute approximate surface area is 149 Å². The first kappa shape index (κ1) is 16.7. The lowest BCUT2D eigenvalue weighted by Crippen LogP contribution is -2.11. The van der Waals surface area contributed by atoms with Crippen LogP contribution in [0.4, 0.5) is 5.13 Å². The van der Waals surface area contributed by atoms with Crippen LogP contribution < -0.4 is 5.32 Å². The fourth-order valence-corrected chi connectivity index (χ4v) is 3.54. The summed E-state index contributed by atoms with van der Waals surface area (Å²) in [6, 6.07) is 11.4. The highest BCUT2D eigenvalue weighted by molar-refractivity contribution is 7.15. The van der Waals surface area contributed by atoms with E-state index in [-0.39, 0.29) is 5.91 Å². The van der Waals surface area contributed by atoms with Crippen molar-refractivity contribution in [1.82, 2.24) is 4.98 Å². The van der Waals surface area contributed by atoms with Gasteiger partial charge in [0.2, 0.25) is 5.91 Å². The van der Waals surface area contributed by atoms with Crippen LogP contribution in [0.15, 0.2) is 47.1 Å². The van der Waals surface area contributed by atoms with Crippen molar-refractivity contribution in [3.63, 3.8) is 0 Å². The minimum atomic E-state index is -0.0653. The zero-order valence-corrected chi connectivity index (χ0v) is 14.8. The average Bonchev–Trinajstić information content (AvgIpc) is 3.18. The number of amides is 1. The second kappa shape index (κ2) is 7.64. The van der Waals surface area contributed by atoms with Crippen LogP contribution in [0.5, 0.6) is 0 Å². The molecule has 0 bridgehead atoms. The van der Waals surface area contributed by atoms with E-state index in [2.05, 4.69) is 10.3 Å². The number of aryl methyl sites for hydroxylation is 2. The van der Waals surface area contributed by atoms with E-state index in [1.165, 1.54) is 11.3 Å². The van der Waals surface area contributed by atoms with Gasteiger partial charge < -0.3 is 9.73 Å². The van der Waals surface area contributed by atoms with Crippen molar-refractivity contribution in [3.8, 4) is 0 Å². The number of carbonyl (C=O) groups is 1. The number of nitrogens with zero attached hydrogens (tertiary/aromatic N) is 1. The van der Waals surface area contributed by atoms with Gasteiger partial charge in [0.05, 0.1) is 12.0 Å². The molecule has 0 radical (unpaired) electrons. The maximum Gasteiger partial charge on any atom is 0.226 e. The van der Waals surface area contributed by atoms with Crippen LogP contribution in [-0.4, -0.2) is 10.9 Å². The van der Waals surface area contributed by atoms with Crippen molar-refractivity contribution < 1.29 is 9.21 Å². The standard InChI is InChI=1S/C18H17ClN2O2S/c1-12-16(11-13-5-2-3-7-15(13)19)24-18(20-12)21-17(22)9-8-14-6-4-10-23-14/h2-7,10H,8-9,11H2,1H3,(H,20,21,22). The Balaban J connectivity index is 1.61. The molecule has 0 unspecified atom stereocenters. The smallest absolute Gasteiger partial charge is 0.226 e. The summed E-state index contributed by atoms with van der Waals surface area (Å²) in [5.41, 5.74) is 1.97. The highest BCUT2D eigenvalue weighted by atomic mass is 35.5. The molecule has 1 amide bonds. The lowest BCUT2D eigenvalue weighted by molar-refractivity contribution is -0.116. The Morgan fingerprint density at radius 1 is 1.29 bits per heavy atom. The molecule has 0 atom stereocenters. The van der Waals surface area contributed by atoms with E-state index in [1.807, 2.05) is 43.3 Å². The number of hydrogen-bond acceptors (Lipinski definition) is 4. The van der Waals surface area contributed by atoms with Crippen molar-refractivity contribution in [2.45, 2.75) is 26.2 Å². The molecule has 3 aromatic rings. The number of halogens is 1. The number of hydrogen-bond donors (Lipinski definition) is 1. The third-order valence-electron chi connectivity index (χ3n) is 3.63. The van der Waals surface area contributed by atoms with Crippen LogP contribution in [-0.2, 0) is 17.6 Å². The van der Waals surface area contributed by atoms with Gasteiger partial charge in [-0.3, -0.25) is 4.79 Å². The largest absolute Gasteiger partial charge is 0.469 e. The Morgan fingerprint density at radius 2 is 2.12 bits per heavy atom. The van der Waals surface area contributed by atoms with Gasteiger partial charge in [0.15, 0.2) is 5.13 Å². The number of aromatic nitrogens is 1. The van der Waals surface area contributed by atoms with Crippen LogP contribution in [0.25, 0.3) is 0 Å². The van der Waals surface area contributed by atoms with Gasteiger partial charge in [-0.2, -0.15) is 0 Å². The monoisotopic (exact) mass is 360 g/mol. The molecule has 2 aromatic heterocycles. The second-order valence-electron chi connectivity index (χ2n) is 5.42. The molecule has 0 fully saturated rings. The molecule has 4 nitrogen and oxygen atoms in total. The number of furan rings is 1. The van der Waals surface area contributed by atoms with Gasteiger partial charge in [-0.1, -0.05) is 29.8 Å². The van der Waals surface area contributed by atoms with E-state index in [0.29, 0.717) is 24.4 Å². The normalized spacial score (nSPS) is 10.8. The predicted octanol–water partition coefficient (Wildman–Crippen LogP) is 4.86. The third-order valence-corrected chi connectivity index (χ3v) is 5.07. The summed E-state index contributed by atoms with van der Waals surface area (Å²) in [5, 5.41) is 4.23. The van der Waals surface area contributed by atoms with Crippen LogP contribution in [0.3, 0.4) is 0 Å². The van der Waals surface area contributed by atoms with Crippen LogP contribution in [0.1, 0.15) is 28.3 Å². The summed E-state index contributed by atoms with van der Waals surface area (Å²) in [7, 11) is 0. The minimum Gasteiger partial charge on any atom is -0.469 e. The number of benzene rings is 1. The predicted molar refractivity (Wildman–Crippen MR) is 96.8 cm³/mol. The number of nitrogens with one attached hydrogen (secondary N) is 1. The van der Waals surface area contributed by atoms with Gasteiger partial charge in [0.1, 0.15) is 5.76 Å². The Hall–Kier alpha value is -2.11. The molecule has 3 rings (SSSR count). The molecule has 24 heavy (non-hydrogen) atoms. The first-order valence-corrected chi connectivity index (χ1v) is 8.83. The van der Waals surface area contributed by atoms with Crippen molar-refractivity contribution in [2.75, 3.05) is 5.32 Å². The van der Waals surface area contributed by atoms with Crippen molar-refractivity contribution in [3.05, 3.63) is 69.6 Å². The first-order valence-electron chi connectivity index (χ1n) is 7.64. The SMILES string of the molecule is Cc1nc(NC(=O)CCc2ccco2)sc1Cc1ccccc1Cl. The molecule has 6 heteroatoms. The lowest BCUT2D eigenvalue weighted by atomic mass is 10.1. The van der Waals surface area contributed by atoms with Gasteiger partial charge in [0.25, 0.3) is 0 Å². The number of thiazole rings is 1. The van der Waals surface area contributed by atoms with E-state index in [1.54, 1.807) is 6.26 Å². The van der Waals surface area contributed by atoms with Gasteiger partial charge >= 0.3 is 0 Å². The molecule has 0 aliphatic heterocycles.